The number of nitrogens with one attached hydrogen (secondary N) is 1. The number of carbonyl (C=O) groups is 1. The molecule has 0 aromatic heterocycles. The van der Waals surface area contributed by atoms with Gasteiger partial charge in [0, 0.05) is 41.5 Å². The molecule has 124 valence electrons. The van der Waals surface area contributed by atoms with Gasteiger partial charge in [0.25, 0.3) is 5.91 Å². The number of halogens is 2. The molecule has 3 rings (SSSR count). The van der Waals surface area contributed by atoms with Gasteiger partial charge in [-0.25, -0.2) is 4.39 Å². The van der Waals surface area contributed by atoms with Crippen LogP contribution in [0.25, 0.3) is 0 Å². The normalized spacial score (nSPS) is 15.0. The average molecular weight is 345 g/mol. The largest absolute Gasteiger partial charge is 0.322 e. The van der Waals surface area contributed by atoms with Gasteiger partial charge >= 0.3 is 0 Å². The van der Waals surface area contributed by atoms with Crippen molar-refractivity contribution in [2.75, 3.05) is 18.4 Å². The number of amides is 1. The minimum Gasteiger partial charge on any atom is -0.322 e. The molecule has 0 fully saturated rings. The lowest BCUT2D eigenvalue weighted by atomic mass is 10.1. The van der Waals surface area contributed by atoms with Crippen LogP contribution in [0, 0.1) is 5.82 Å². The summed E-state index contributed by atoms with van der Waals surface area (Å²) >= 11 is 5.92. The summed E-state index contributed by atoms with van der Waals surface area (Å²) in [7, 11) is 0. The highest BCUT2D eigenvalue weighted by molar-refractivity contribution is 6.30. The number of nitrogens with zero attached hydrogens (tertiary/aromatic N) is 1. The number of benzene rings is 2. The van der Waals surface area contributed by atoms with Crippen LogP contribution in [-0.2, 0) is 11.3 Å². The molecule has 1 N–H and O–H groups in total. The summed E-state index contributed by atoms with van der Waals surface area (Å²) < 4.78 is 13.7. The molecule has 1 aliphatic heterocycles. The molecule has 1 aliphatic rings. The molecule has 1 amide bonds. The molecular formula is C19H18ClFN2O. The van der Waals surface area contributed by atoms with E-state index in [2.05, 4.69) is 10.2 Å². The van der Waals surface area contributed by atoms with Crippen LogP contribution in [0.3, 0.4) is 0 Å². The molecule has 0 radical (unpaired) electrons. The van der Waals surface area contributed by atoms with Crippen LogP contribution in [0.4, 0.5) is 10.1 Å². The molecule has 5 heteroatoms. The lowest BCUT2D eigenvalue weighted by Gasteiger charge is -2.26. The zero-order valence-electron chi connectivity index (χ0n) is 13.1. The quantitative estimate of drug-likeness (QED) is 0.899. The molecule has 2 aromatic rings. The highest BCUT2D eigenvalue weighted by Gasteiger charge is 2.18. The summed E-state index contributed by atoms with van der Waals surface area (Å²) in [6.45, 7) is 1.90. The lowest BCUT2D eigenvalue weighted by Crippen LogP contribution is -2.31. The maximum absolute atomic E-state index is 13.7. The van der Waals surface area contributed by atoms with E-state index < -0.39 is 0 Å². The standard InChI is InChI=1S/C19H18ClFN2O/c20-16-5-3-6-17(12-16)22-19(24)14-8-10-23(11-9-14)13-15-4-1-2-7-18(15)21/h1-8,12H,9-11,13H2,(H,22,24). The highest BCUT2D eigenvalue weighted by Crippen LogP contribution is 2.19. The molecule has 0 aliphatic carbocycles. The molecular weight excluding hydrogens is 327 g/mol. The predicted octanol–water partition coefficient (Wildman–Crippen LogP) is 4.25. The zero-order valence-corrected chi connectivity index (χ0v) is 13.9. The first-order chi connectivity index (χ1) is 11.6. The molecule has 0 spiro atoms. The van der Waals surface area contributed by atoms with Gasteiger partial charge in [-0.05, 0) is 30.7 Å². The van der Waals surface area contributed by atoms with E-state index in [0.717, 1.165) is 12.1 Å². The van der Waals surface area contributed by atoms with Crippen molar-refractivity contribution in [1.82, 2.24) is 4.90 Å². The van der Waals surface area contributed by atoms with Crippen molar-refractivity contribution in [2.24, 2.45) is 0 Å². The fourth-order valence-corrected chi connectivity index (χ4v) is 2.90. The van der Waals surface area contributed by atoms with E-state index >= 15 is 0 Å². The maximum atomic E-state index is 13.7. The summed E-state index contributed by atoms with van der Waals surface area (Å²) in [4.78, 5) is 14.4. The summed E-state index contributed by atoms with van der Waals surface area (Å²) in [5.74, 6) is -0.297. The van der Waals surface area contributed by atoms with E-state index in [9.17, 15) is 9.18 Å². The Hall–Kier alpha value is -2.17. The fraction of sp³-hybridized carbons (Fsp3) is 0.211. The van der Waals surface area contributed by atoms with Gasteiger partial charge in [0.2, 0.25) is 0 Å². The molecule has 2 aromatic carbocycles. The van der Waals surface area contributed by atoms with Gasteiger partial charge in [-0.2, -0.15) is 0 Å². The van der Waals surface area contributed by atoms with Gasteiger partial charge in [0.15, 0.2) is 0 Å². The van der Waals surface area contributed by atoms with Gasteiger partial charge in [-0.3, -0.25) is 9.69 Å². The smallest absolute Gasteiger partial charge is 0.251 e. The summed E-state index contributed by atoms with van der Waals surface area (Å²) in [5.41, 5.74) is 2.11. The molecule has 0 unspecified atom stereocenters. The average Bonchev–Trinajstić information content (AvgIpc) is 2.57. The Labute approximate surface area is 145 Å². The van der Waals surface area contributed by atoms with E-state index in [4.69, 9.17) is 11.6 Å². The van der Waals surface area contributed by atoms with Crippen LogP contribution in [0.1, 0.15) is 12.0 Å². The van der Waals surface area contributed by atoms with E-state index in [1.165, 1.54) is 6.07 Å². The Morgan fingerprint density at radius 1 is 1.21 bits per heavy atom. The minimum absolute atomic E-state index is 0.109. The third kappa shape index (κ3) is 4.22. The molecule has 0 saturated heterocycles. The van der Waals surface area contributed by atoms with Crippen molar-refractivity contribution in [3.8, 4) is 0 Å². The molecule has 0 bridgehead atoms. The molecule has 1 heterocycles. The van der Waals surface area contributed by atoms with Gasteiger partial charge < -0.3 is 5.32 Å². The number of anilines is 1. The van der Waals surface area contributed by atoms with Gasteiger partial charge in [0.05, 0.1) is 0 Å². The molecule has 0 atom stereocenters. The SMILES string of the molecule is O=C(Nc1cccc(Cl)c1)C1=CCN(Cc2ccccc2F)CC1. The van der Waals surface area contributed by atoms with E-state index in [1.54, 1.807) is 36.4 Å². The number of hydrogen-bond acceptors (Lipinski definition) is 2. The second kappa shape index (κ2) is 7.60. The monoisotopic (exact) mass is 344 g/mol. The summed E-state index contributed by atoms with van der Waals surface area (Å²) in [5, 5.41) is 3.44. The van der Waals surface area contributed by atoms with E-state index in [-0.39, 0.29) is 11.7 Å². The van der Waals surface area contributed by atoms with Crippen molar-refractivity contribution >= 4 is 23.2 Å². The summed E-state index contributed by atoms with van der Waals surface area (Å²) in [6, 6.07) is 13.9. The second-order valence-corrected chi connectivity index (χ2v) is 6.21. The van der Waals surface area contributed by atoms with E-state index in [0.29, 0.717) is 35.8 Å². The Kier molecular flexibility index (Phi) is 5.28. The number of hydrogen-bond donors (Lipinski definition) is 1. The first kappa shape index (κ1) is 16.7. The first-order valence-corrected chi connectivity index (χ1v) is 8.21. The van der Waals surface area contributed by atoms with Crippen molar-refractivity contribution in [1.29, 1.82) is 0 Å². The second-order valence-electron chi connectivity index (χ2n) is 5.77. The fourth-order valence-electron chi connectivity index (χ4n) is 2.71. The number of carbonyl (C=O) groups excluding carboxylic acids is 1. The number of rotatable bonds is 4. The Morgan fingerprint density at radius 2 is 2.04 bits per heavy atom. The van der Waals surface area contributed by atoms with Crippen molar-refractivity contribution in [3.05, 3.63) is 76.6 Å². The Morgan fingerprint density at radius 3 is 2.75 bits per heavy atom. The third-order valence-corrected chi connectivity index (χ3v) is 4.25. The molecule has 0 saturated carbocycles. The third-order valence-electron chi connectivity index (χ3n) is 4.02. The van der Waals surface area contributed by atoms with Crippen molar-refractivity contribution in [2.45, 2.75) is 13.0 Å². The van der Waals surface area contributed by atoms with Gasteiger partial charge in [-0.1, -0.05) is 41.9 Å². The van der Waals surface area contributed by atoms with Crippen LogP contribution >= 0.6 is 11.6 Å². The summed E-state index contributed by atoms with van der Waals surface area (Å²) in [6.07, 6.45) is 2.55. The van der Waals surface area contributed by atoms with Crippen LogP contribution < -0.4 is 5.32 Å². The van der Waals surface area contributed by atoms with Crippen molar-refractivity contribution in [3.63, 3.8) is 0 Å². The van der Waals surface area contributed by atoms with Crippen LogP contribution in [0.5, 0.6) is 0 Å². The van der Waals surface area contributed by atoms with Crippen LogP contribution in [-0.4, -0.2) is 23.9 Å². The van der Waals surface area contributed by atoms with Crippen LogP contribution in [0.2, 0.25) is 5.02 Å². The van der Waals surface area contributed by atoms with Gasteiger partial charge in [-0.15, -0.1) is 0 Å². The Balaban J connectivity index is 1.59. The predicted molar refractivity (Wildman–Crippen MR) is 94.5 cm³/mol. The Bertz CT molecular complexity index is 775. The van der Waals surface area contributed by atoms with Gasteiger partial charge in [0.1, 0.15) is 5.82 Å². The van der Waals surface area contributed by atoms with Crippen LogP contribution in [0.15, 0.2) is 60.2 Å². The lowest BCUT2D eigenvalue weighted by molar-refractivity contribution is -0.113. The zero-order chi connectivity index (χ0) is 16.9. The maximum Gasteiger partial charge on any atom is 0.251 e. The first-order valence-electron chi connectivity index (χ1n) is 7.83. The molecule has 3 nitrogen and oxygen atoms in total. The highest BCUT2D eigenvalue weighted by atomic mass is 35.5. The molecule has 24 heavy (non-hydrogen) atoms. The van der Waals surface area contributed by atoms with Crippen molar-refractivity contribution < 1.29 is 9.18 Å². The minimum atomic E-state index is -0.189. The topological polar surface area (TPSA) is 32.3 Å². The van der Waals surface area contributed by atoms with E-state index in [1.807, 2.05) is 12.1 Å².